The fraction of sp³-hybridized carbons (Fsp3) is 0.111. The highest BCUT2D eigenvalue weighted by Gasteiger charge is 2.26. The Hall–Kier alpha value is -3.24. The number of hydrogen-bond acceptors (Lipinski definition) is 5. The van der Waals surface area contributed by atoms with Crippen LogP contribution in [0.3, 0.4) is 0 Å². The van der Waals surface area contributed by atoms with Gasteiger partial charge in [-0.25, -0.2) is 0 Å². The number of nitrogens with zero attached hydrogens (tertiary/aromatic N) is 4. The predicted octanol–water partition coefficient (Wildman–Crippen LogP) is 0.0310. The number of hydrogen-bond donors (Lipinski definition) is 3. The molecule has 0 aromatic heterocycles. The van der Waals surface area contributed by atoms with Crippen LogP contribution in [0, 0.1) is 27.2 Å². The highest BCUT2D eigenvalue weighted by Crippen LogP contribution is 2.37. The minimum absolute atomic E-state index is 0.336. The van der Waals surface area contributed by atoms with Crippen LogP contribution in [0.25, 0.3) is 0 Å². The minimum atomic E-state index is -0.804. The van der Waals surface area contributed by atoms with Gasteiger partial charge in [0.25, 0.3) is 0 Å². The smallest absolute Gasteiger partial charge is 0.302 e. The highest BCUT2D eigenvalue weighted by atomic mass is 16.6. The molecule has 6 N–H and O–H groups in total. The van der Waals surface area contributed by atoms with Crippen molar-refractivity contribution in [3.05, 3.63) is 37.9 Å². The lowest BCUT2D eigenvalue weighted by Gasteiger charge is -2.02. The molecule has 0 aliphatic heterocycles. The first-order valence-corrected chi connectivity index (χ1v) is 5.09. The quantitative estimate of drug-likeness (QED) is 0.301. The molecule has 1 rings (SSSR count). The van der Waals surface area contributed by atoms with Crippen molar-refractivity contribution in [2.45, 2.75) is 6.92 Å². The topological polar surface area (TPSA) is 189 Å². The van der Waals surface area contributed by atoms with Crippen molar-refractivity contribution >= 4 is 29.0 Å². The van der Waals surface area contributed by atoms with E-state index in [-0.39, 0.29) is 0 Å². The van der Waals surface area contributed by atoms with Crippen LogP contribution in [0.2, 0.25) is 0 Å². The van der Waals surface area contributed by atoms with Crippen molar-refractivity contribution in [3.63, 3.8) is 0 Å². The van der Waals surface area contributed by atoms with Crippen molar-refractivity contribution < 1.29 is 9.85 Å². The second-order valence-corrected chi connectivity index (χ2v) is 3.67. The van der Waals surface area contributed by atoms with Gasteiger partial charge < -0.3 is 17.2 Å². The summed E-state index contributed by atoms with van der Waals surface area (Å²) in [5.74, 6) is -0.955. The van der Waals surface area contributed by atoms with Gasteiger partial charge in [0.2, 0.25) is 11.6 Å². The molecule has 20 heavy (non-hydrogen) atoms. The van der Waals surface area contributed by atoms with Gasteiger partial charge in [0.1, 0.15) is 0 Å². The molecule has 0 aliphatic carbocycles. The number of rotatable bonds is 3. The van der Waals surface area contributed by atoms with E-state index in [4.69, 9.17) is 17.2 Å². The molecule has 0 radical (unpaired) electrons. The van der Waals surface area contributed by atoms with Gasteiger partial charge >= 0.3 is 11.4 Å². The van der Waals surface area contributed by atoms with E-state index in [1.54, 1.807) is 0 Å². The molecular formula is C9H11N7O4. The van der Waals surface area contributed by atoms with E-state index < -0.39 is 38.8 Å². The maximum absolute atomic E-state index is 10.9. The molecule has 1 aromatic rings. The molecule has 0 saturated carbocycles. The average Bonchev–Trinajstić information content (AvgIpc) is 2.29. The first-order chi connectivity index (χ1) is 9.22. The van der Waals surface area contributed by atoms with Crippen molar-refractivity contribution in [2.24, 2.45) is 27.2 Å². The van der Waals surface area contributed by atoms with Gasteiger partial charge in [-0.05, 0) is 12.5 Å². The zero-order valence-corrected chi connectivity index (χ0v) is 10.3. The third-order valence-electron chi connectivity index (χ3n) is 2.08. The van der Waals surface area contributed by atoms with E-state index in [0.717, 1.165) is 12.1 Å². The SMILES string of the molecule is Cc1cc([N+](=O)[O-])c(N=C(N)N=C(N)N)c([N+](=O)[O-])c1. The first kappa shape index (κ1) is 14.8. The Balaban J connectivity index is 3.61. The molecule has 0 atom stereocenters. The van der Waals surface area contributed by atoms with Crippen LogP contribution in [-0.4, -0.2) is 21.8 Å². The Morgan fingerprint density at radius 3 is 1.90 bits per heavy atom. The fourth-order valence-electron chi connectivity index (χ4n) is 1.41. The molecule has 106 valence electrons. The van der Waals surface area contributed by atoms with Crippen LogP contribution >= 0.6 is 0 Å². The van der Waals surface area contributed by atoms with Crippen LogP contribution in [0.5, 0.6) is 0 Å². The number of nitrogens with two attached hydrogens (primary N) is 3. The second-order valence-electron chi connectivity index (χ2n) is 3.67. The standard InChI is InChI=1S/C9H11N7O4/c1-4-2-5(15(17)18)7(6(3-4)16(19)20)13-9(12)14-8(10)11/h2-3H,1H3,(H6,10,11,12,13,14). The number of aliphatic imine (C=N–C) groups is 2. The van der Waals surface area contributed by atoms with E-state index in [1.807, 2.05) is 0 Å². The molecular weight excluding hydrogens is 270 g/mol. The molecule has 0 unspecified atom stereocenters. The van der Waals surface area contributed by atoms with Gasteiger partial charge in [0.15, 0.2) is 5.96 Å². The Morgan fingerprint density at radius 2 is 1.55 bits per heavy atom. The summed E-state index contributed by atoms with van der Waals surface area (Å²) in [6.07, 6.45) is 0. The lowest BCUT2D eigenvalue weighted by atomic mass is 10.1. The average molecular weight is 281 g/mol. The lowest BCUT2D eigenvalue weighted by Crippen LogP contribution is -2.26. The monoisotopic (exact) mass is 281 g/mol. The van der Waals surface area contributed by atoms with Crippen molar-refractivity contribution in [1.82, 2.24) is 0 Å². The summed E-state index contributed by atoms with van der Waals surface area (Å²) < 4.78 is 0. The molecule has 11 heteroatoms. The normalized spacial score (nSPS) is 10.9. The van der Waals surface area contributed by atoms with Crippen molar-refractivity contribution in [2.75, 3.05) is 0 Å². The van der Waals surface area contributed by atoms with Gasteiger partial charge in [-0.1, -0.05) is 0 Å². The summed E-state index contributed by atoms with van der Waals surface area (Å²) in [7, 11) is 0. The predicted molar refractivity (Wildman–Crippen MR) is 71.6 cm³/mol. The van der Waals surface area contributed by atoms with Crippen molar-refractivity contribution in [3.8, 4) is 0 Å². The summed E-state index contributed by atoms with van der Waals surface area (Å²) in [6.45, 7) is 1.48. The number of benzene rings is 1. The number of nitro groups is 2. The largest absolute Gasteiger partial charge is 0.370 e. The molecule has 1 aromatic carbocycles. The maximum atomic E-state index is 10.9. The first-order valence-electron chi connectivity index (χ1n) is 5.09. The van der Waals surface area contributed by atoms with Crippen LogP contribution in [0.1, 0.15) is 5.56 Å². The summed E-state index contributed by atoms with van der Waals surface area (Å²) in [6, 6.07) is 2.27. The summed E-state index contributed by atoms with van der Waals surface area (Å²) in [4.78, 5) is 27.2. The Bertz CT molecular complexity index is 598. The fourth-order valence-corrected chi connectivity index (χ4v) is 1.41. The zero-order chi connectivity index (χ0) is 15.4. The van der Waals surface area contributed by atoms with E-state index >= 15 is 0 Å². The molecule has 0 aliphatic rings. The summed E-state index contributed by atoms with van der Waals surface area (Å²) in [5.41, 5.74) is 14.2. The molecule has 0 heterocycles. The lowest BCUT2D eigenvalue weighted by molar-refractivity contribution is -0.392. The molecule has 0 amide bonds. The molecule has 11 nitrogen and oxygen atoms in total. The number of guanidine groups is 2. The summed E-state index contributed by atoms with van der Waals surface area (Å²) in [5, 5.41) is 21.9. The maximum Gasteiger partial charge on any atom is 0.302 e. The molecule has 0 bridgehead atoms. The Labute approximate surface area is 112 Å². The van der Waals surface area contributed by atoms with Crippen LogP contribution in [0.4, 0.5) is 17.1 Å². The van der Waals surface area contributed by atoms with Crippen LogP contribution < -0.4 is 17.2 Å². The van der Waals surface area contributed by atoms with Crippen LogP contribution in [0.15, 0.2) is 22.1 Å². The highest BCUT2D eigenvalue weighted by molar-refractivity contribution is 5.95. The minimum Gasteiger partial charge on any atom is -0.370 e. The third kappa shape index (κ3) is 3.38. The van der Waals surface area contributed by atoms with E-state index in [2.05, 4.69) is 9.98 Å². The van der Waals surface area contributed by atoms with Gasteiger partial charge in [0.05, 0.1) is 9.85 Å². The zero-order valence-electron chi connectivity index (χ0n) is 10.3. The number of aryl methyl sites for hydroxylation is 1. The number of nitro benzene ring substituents is 2. The third-order valence-corrected chi connectivity index (χ3v) is 2.08. The Morgan fingerprint density at radius 1 is 1.10 bits per heavy atom. The summed E-state index contributed by atoms with van der Waals surface area (Å²) >= 11 is 0. The van der Waals surface area contributed by atoms with E-state index in [9.17, 15) is 20.2 Å². The van der Waals surface area contributed by atoms with Crippen molar-refractivity contribution in [1.29, 1.82) is 0 Å². The Kier molecular flexibility index (Phi) is 4.15. The van der Waals surface area contributed by atoms with E-state index in [1.165, 1.54) is 6.92 Å². The van der Waals surface area contributed by atoms with E-state index in [0.29, 0.717) is 5.56 Å². The van der Waals surface area contributed by atoms with Gasteiger partial charge in [-0.2, -0.15) is 9.98 Å². The molecule has 0 spiro atoms. The molecule has 0 fully saturated rings. The second kappa shape index (κ2) is 5.60. The van der Waals surface area contributed by atoms with Crippen LogP contribution in [-0.2, 0) is 0 Å². The van der Waals surface area contributed by atoms with Gasteiger partial charge in [-0.15, -0.1) is 0 Å². The molecule has 0 saturated heterocycles. The van der Waals surface area contributed by atoms with Gasteiger partial charge in [-0.3, -0.25) is 20.2 Å². The van der Waals surface area contributed by atoms with Gasteiger partial charge in [0, 0.05) is 12.1 Å².